The summed E-state index contributed by atoms with van der Waals surface area (Å²) in [7, 11) is 1.77. The average molecular weight is 463 g/mol. The van der Waals surface area contributed by atoms with E-state index in [0.717, 1.165) is 47.4 Å². The predicted octanol–water partition coefficient (Wildman–Crippen LogP) is 3.35. The summed E-state index contributed by atoms with van der Waals surface area (Å²) in [5, 5.41) is 19.5. The third-order valence-corrected chi connectivity index (χ3v) is 7.05. The van der Waals surface area contributed by atoms with Crippen LogP contribution in [-0.2, 0) is 11.8 Å². The molecule has 2 aliphatic rings. The Morgan fingerprint density at radius 2 is 1.97 bits per heavy atom. The third-order valence-electron chi connectivity index (χ3n) is 6.27. The van der Waals surface area contributed by atoms with Crippen molar-refractivity contribution in [2.45, 2.75) is 30.9 Å². The number of hydrogen-bond acceptors (Lipinski definition) is 7. The largest absolute Gasteiger partial charge is 0.389 e. The summed E-state index contributed by atoms with van der Waals surface area (Å²) < 4.78 is 6.99. The van der Waals surface area contributed by atoms with Gasteiger partial charge in [0, 0.05) is 23.7 Å². The fourth-order valence-electron chi connectivity index (χ4n) is 4.49. The number of aliphatic hydroxyl groups is 1. The summed E-state index contributed by atoms with van der Waals surface area (Å²) in [5.41, 5.74) is 2.60. The molecule has 10 heteroatoms. The Morgan fingerprint density at radius 1 is 1.16 bits per heavy atom. The van der Waals surface area contributed by atoms with Crippen LogP contribution in [0.1, 0.15) is 24.3 Å². The van der Waals surface area contributed by atoms with Gasteiger partial charge in [0.2, 0.25) is 5.95 Å². The number of aliphatic hydroxyl groups excluding tert-OH is 1. The van der Waals surface area contributed by atoms with Gasteiger partial charge in [0.25, 0.3) is 0 Å². The number of hydrogen-bond donors (Lipinski definition) is 2. The highest BCUT2D eigenvalue weighted by atomic mass is 35.5. The second-order valence-electron chi connectivity index (χ2n) is 8.21. The SMILES string of the molecule is Cn1ncc(Nc2ncc3cc(Cl)c(C4CCN(C5COC[C@H]5O)CC4)cc3n2)c1Cl. The minimum absolute atomic E-state index is 0.105. The molecular weight excluding hydrogens is 439 g/mol. The molecule has 2 fully saturated rings. The molecule has 0 bridgehead atoms. The monoisotopic (exact) mass is 462 g/mol. The van der Waals surface area contributed by atoms with Gasteiger partial charge >= 0.3 is 0 Å². The van der Waals surface area contributed by atoms with Gasteiger partial charge in [-0.3, -0.25) is 9.58 Å². The van der Waals surface area contributed by atoms with Crippen LogP contribution in [0.5, 0.6) is 0 Å². The molecule has 164 valence electrons. The highest BCUT2D eigenvalue weighted by Crippen LogP contribution is 2.36. The van der Waals surface area contributed by atoms with E-state index in [1.807, 2.05) is 6.07 Å². The lowest BCUT2D eigenvalue weighted by atomic mass is 9.88. The lowest BCUT2D eigenvalue weighted by Crippen LogP contribution is -2.46. The molecule has 8 nitrogen and oxygen atoms in total. The van der Waals surface area contributed by atoms with Crippen LogP contribution in [0, 0.1) is 0 Å². The summed E-state index contributed by atoms with van der Waals surface area (Å²) in [6.45, 7) is 2.87. The Balaban J connectivity index is 1.35. The molecule has 0 saturated carbocycles. The molecule has 2 N–H and O–H groups in total. The van der Waals surface area contributed by atoms with E-state index in [2.05, 4.69) is 31.3 Å². The summed E-state index contributed by atoms with van der Waals surface area (Å²) in [6.07, 6.45) is 4.97. The van der Waals surface area contributed by atoms with Gasteiger partial charge in [-0.15, -0.1) is 0 Å². The standard InChI is InChI=1S/C21H24Cl2N6O2/c1-28-20(23)17(9-25-28)27-21-24-8-13-6-15(22)14(7-16(13)26-21)12-2-4-29(5-3-12)18-10-31-11-19(18)30/h6-9,12,18-19,30H,2-5,10-11H2,1H3,(H,24,26,27)/t18?,19-/m1/s1. The lowest BCUT2D eigenvalue weighted by Gasteiger charge is -2.36. The van der Waals surface area contributed by atoms with Crippen molar-refractivity contribution in [1.82, 2.24) is 24.6 Å². The number of nitrogens with zero attached hydrogens (tertiary/aromatic N) is 5. The number of piperidine rings is 1. The zero-order valence-electron chi connectivity index (χ0n) is 17.1. The van der Waals surface area contributed by atoms with Gasteiger partial charge in [0.05, 0.1) is 42.8 Å². The Kier molecular flexibility index (Phi) is 5.75. The summed E-state index contributed by atoms with van der Waals surface area (Å²) in [4.78, 5) is 11.4. The van der Waals surface area contributed by atoms with Crippen LogP contribution in [0.15, 0.2) is 24.5 Å². The first-order chi connectivity index (χ1) is 15.0. The molecule has 0 spiro atoms. The number of rotatable bonds is 4. The normalized spacial score (nSPS) is 23.0. The number of halogens is 2. The molecule has 4 heterocycles. The molecular formula is C21H24Cl2N6O2. The predicted molar refractivity (Wildman–Crippen MR) is 120 cm³/mol. The molecule has 0 radical (unpaired) electrons. The van der Waals surface area contributed by atoms with Gasteiger partial charge in [-0.25, -0.2) is 9.97 Å². The van der Waals surface area contributed by atoms with E-state index in [9.17, 15) is 5.11 Å². The van der Waals surface area contributed by atoms with Crippen LogP contribution >= 0.6 is 23.2 Å². The second kappa shape index (κ2) is 8.52. The van der Waals surface area contributed by atoms with Crippen LogP contribution in [0.25, 0.3) is 10.9 Å². The molecule has 3 aromatic rings. The van der Waals surface area contributed by atoms with E-state index in [-0.39, 0.29) is 6.04 Å². The first-order valence-corrected chi connectivity index (χ1v) is 11.2. The Labute approximate surface area is 190 Å². The minimum Gasteiger partial charge on any atom is -0.389 e. The smallest absolute Gasteiger partial charge is 0.227 e. The van der Waals surface area contributed by atoms with E-state index < -0.39 is 6.10 Å². The van der Waals surface area contributed by atoms with Crippen LogP contribution in [0.3, 0.4) is 0 Å². The molecule has 1 unspecified atom stereocenters. The number of benzene rings is 1. The average Bonchev–Trinajstić information content (AvgIpc) is 3.34. The minimum atomic E-state index is -0.392. The van der Waals surface area contributed by atoms with Gasteiger partial charge in [0.1, 0.15) is 5.15 Å². The summed E-state index contributed by atoms with van der Waals surface area (Å²) in [5.74, 6) is 0.812. The number of fused-ring (bicyclic) bond motifs is 1. The second-order valence-corrected chi connectivity index (χ2v) is 8.97. The Hall–Kier alpha value is -1.97. The lowest BCUT2D eigenvalue weighted by molar-refractivity contribution is 0.0663. The van der Waals surface area contributed by atoms with Gasteiger partial charge in [0.15, 0.2) is 0 Å². The van der Waals surface area contributed by atoms with Gasteiger partial charge < -0.3 is 15.2 Å². The maximum absolute atomic E-state index is 10.1. The van der Waals surface area contributed by atoms with Crippen molar-refractivity contribution in [3.63, 3.8) is 0 Å². The van der Waals surface area contributed by atoms with Crippen LogP contribution < -0.4 is 5.32 Å². The zero-order valence-corrected chi connectivity index (χ0v) is 18.6. The summed E-state index contributed by atoms with van der Waals surface area (Å²) in [6, 6.07) is 4.12. The first-order valence-electron chi connectivity index (χ1n) is 10.4. The van der Waals surface area contributed by atoms with Crippen molar-refractivity contribution in [2.75, 3.05) is 31.6 Å². The molecule has 2 atom stereocenters. The molecule has 0 aliphatic carbocycles. The number of nitrogens with one attached hydrogen (secondary N) is 1. The third kappa shape index (κ3) is 4.10. The zero-order chi connectivity index (χ0) is 21.5. The molecule has 2 aromatic heterocycles. The van der Waals surface area contributed by atoms with Crippen molar-refractivity contribution in [3.8, 4) is 0 Å². The molecule has 0 amide bonds. The van der Waals surface area contributed by atoms with E-state index in [1.54, 1.807) is 24.1 Å². The molecule has 2 saturated heterocycles. The fraction of sp³-hybridized carbons (Fsp3) is 0.476. The number of likely N-dealkylation sites (tertiary alicyclic amines) is 1. The van der Waals surface area contributed by atoms with Crippen molar-refractivity contribution >= 4 is 45.7 Å². The molecule has 2 aliphatic heterocycles. The molecule has 5 rings (SSSR count). The van der Waals surface area contributed by atoms with Crippen molar-refractivity contribution < 1.29 is 9.84 Å². The van der Waals surface area contributed by atoms with Crippen molar-refractivity contribution in [2.24, 2.45) is 7.05 Å². The van der Waals surface area contributed by atoms with Crippen LogP contribution in [0.2, 0.25) is 10.2 Å². The number of anilines is 2. The number of aromatic nitrogens is 4. The fourth-order valence-corrected chi connectivity index (χ4v) is 4.96. The molecule has 1 aromatic carbocycles. The van der Waals surface area contributed by atoms with Gasteiger partial charge in [-0.05, 0) is 49.5 Å². The van der Waals surface area contributed by atoms with E-state index in [4.69, 9.17) is 27.9 Å². The van der Waals surface area contributed by atoms with E-state index in [0.29, 0.717) is 35.9 Å². The quantitative estimate of drug-likeness (QED) is 0.614. The topological polar surface area (TPSA) is 88.3 Å². The number of ether oxygens (including phenoxy) is 1. The van der Waals surface area contributed by atoms with Crippen molar-refractivity contribution in [1.29, 1.82) is 0 Å². The van der Waals surface area contributed by atoms with E-state index >= 15 is 0 Å². The van der Waals surface area contributed by atoms with Crippen molar-refractivity contribution in [3.05, 3.63) is 40.3 Å². The van der Waals surface area contributed by atoms with Gasteiger partial charge in [-0.1, -0.05) is 23.2 Å². The maximum Gasteiger partial charge on any atom is 0.227 e. The Bertz CT molecular complexity index is 1100. The summed E-state index contributed by atoms with van der Waals surface area (Å²) >= 11 is 12.9. The molecule has 31 heavy (non-hydrogen) atoms. The van der Waals surface area contributed by atoms with Crippen LogP contribution in [0.4, 0.5) is 11.6 Å². The highest BCUT2D eigenvalue weighted by molar-refractivity contribution is 6.32. The van der Waals surface area contributed by atoms with E-state index in [1.165, 1.54) is 0 Å². The first kappa shape index (κ1) is 20.9. The number of aryl methyl sites for hydroxylation is 1. The van der Waals surface area contributed by atoms with Gasteiger partial charge in [-0.2, -0.15) is 5.10 Å². The van der Waals surface area contributed by atoms with Crippen LogP contribution in [-0.4, -0.2) is 68.2 Å². The highest BCUT2D eigenvalue weighted by Gasteiger charge is 2.34. The Morgan fingerprint density at radius 3 is 2.65 bits per heavy atom. The maximum atomic E-state index is 10.1.